The first-order valence-corrected chi connectivity index (χ1v) is 10.9. The van der Waals surface area contributed by atoms with Crippen molar-refractivity contribution in [2.24, 2.45) is 0 Å². The van der Waals surface area contributed by atoms with Crippen LogP contribution in [0.5, 0.6) is 5.75 Å². The molecule has 0 aliphatic heterocycles. The number of nitrogens with one attached hydrogen (secondary N) is 2. The highest BCUT2D eigenvalue weighted by atomic mass is 16.5. The van der Waals surface area contributed by atoms with E-state index in [-0.39, 0.29) is 5.56 Å². The standard InChI is InChI=1S/C26H19N7O2/c1-35-20-7-5-18(6-8-20)30-26-28-14-21-23-22(15-29-32-23)25(34)33(24(21)31-26)19-4-2-3-17(13-19)16-9-11-27-12-10-16/h2-15H,1H3,(H,29,32)(H,28,30,31). The lowest BCUT2D eigenvalue weighted by Gasteiger charge is -2.13. The third kappa shape index (κ3) is 3.65. The quantitative estimate of drug-likeness (QED) is 0.390. The molecule has 35 heavy (non-hydrogen) atoms. The molecule has 4 heterocycles. The molecule has 0 unspecified atom stereocenters. The van der Waals surface area contributed by atoms with Crippen molar-refractivity contribution in [3.63, 3.8) is 0 Å². The minimum atomic E-state index is -0.220. The number of ether oxygens (including phenoxy) is 1. The summed E-state index contributed by atoms with van der Waals surface area (Å²) in [6.45, 7) is 0. The second-order valence-electron chi connectivity index (χ2n) is 7.86. The van der Waals surface area contributed by atoms with Crippen LogP contribution in [-0.2, 0) is 0 Å². The number of rotatable bonds is 5. The third-order valence-electron chi connectivity index (χ3n) is 5.77. The van der Waals surface area contributed by atoms with Crippen LogP contribution in [0.25, 0.3) is 38.8 Å². The Morgan fingerprint density at radius 1 is 0.971 bits per heavy atom. The van der Waals surface area contributed by atoms with Gasteiger partial charge < -0.3 is 10.1 Å². The second-order valence-corrected chi connectivity index (χ2v) is 7.86. The number of aromatic nitrogens is 6. The summed E-state index contributed by atoms with van der Waals surface area (Å²) in [6.07, 6.45) is 6.76. The fraction of sp³-hybridized carbons (Fsp3) is 0.0385. The molecule has 0 amide bonds. The Morgan fingerprint density at radius 3 is 2.60 bits per heavy atom. The van der Waals surface area contributed by atoms with Gasteiger partial charge in [-0.25, -0.2) is 4.98 Å². The Bertz CT molecular complexity index is 1730. The smallest absolute Gasteiger partial charge is 0.267 e. The van der Waals surface area contributed by atoms with Crippen molar-refractivity contribution in [1.29, 1.82) is 0 Å². The summed E-state index contributed by atoms with van der Waals surface area (Å²) < 4.78 is 6.82. The van der Waals surface area contributed by atoms with E-state index in [2.05, 4.69) is 25.5 Å². The lowest BCUT2D eigenvalue weighted by Crippen LogP contribution is -2.20. The van der Waals surface area contributed by atoms with E-state index in [9.17, 15) is 4.79 Å². The lowest BCUT2D eigenvalue weighted by atomic mass is 10.1. The van der Waals surface area contributed by atoms with Crippen LogP contribution in [0.2, 0.25) is 0 Å². The molecule has 6 rings (SSSR count). The van der Waals surface area contributed by atoms with Crippen molar-refractivity contribution in [2.75, 3.05) is 12.4 Å². The van der Waals surface area contributed by atoms with Crippen molar-refractivity contribution < 1.29 is 4.74 Å². The Morgan fingerprint density at radius 2 is 1.80 bits per heavy atom. The summed E-state index contributed by atoms with van der Waals surface area (Å²) in [5.74, 6) is 1.11. The summed E-state index contributed by atoms with van der Waals surface area (Å²) in [5, 5.41) is 11.4. The first-order valence-electron chi connectivity index (χ1n) is 10.9. The molecule has 2 aromatic carbocycles. The van der Waals surface area contributed by atoms with Crippen LogP contribution in [0.3, 0.4) is 0 Å². The number of hydrogen-bond donors (Lipinski definition) is 2. The van der Waals surface area contributed by atoms with Crippen LogP contribution in [0.1, 0.15) is 0 Å². The summed E-state index contributed by atoms with van der Waals surface area (Å²) in [5.41, 5.74) is 4.20. The van der Waals surface area contributed by atoms with Gasteiger partial charge in [-0.3, -0.25) is 19.4 Å². The number of benzene rings is 2. The van der Waals surface area contributed by atoms with E-state index < -0.39 is 0 Å². The molecule has 0 radical (unpaired) electrons. The fourth-order valence-electron chi connectivity index (χ4n) is 4.06. The Hall–Kier alpha value is -5.05. The molecule has 0 bridgehead atoms. The number of anilines is 2. The first kappa shape index (κ1) is 20.5. The van der Waals surface area contributed by atoms with Gasteiger partial charge >= 0.3 is 0 Å². The molecule has 0 atom stereocenters. The van der Waals surface area contributed by atoms with Crippen LogP contribution < -0.4 is 15.6 Å². The number of methoxy groups -OCH3 is 1. The van der Waals surface area contributed by atoms with Crippen LogP contribution in [0, 0.1) is 0 Å². The molecule has 0 aliphatic rings. The van der Waals surface area contributed by atoms with Crippen LogP contribution in [0.15, 0.2) is 90.2 Å². The van der Waals surface area contributed by atoms with E-state index in [4.69, 9.17) is 9.72 Å². The zero-order valence-corrected chi connectivity index (χ0v) is 18.6. The number of H-pyrrole nitrogens is 1. The summed E-state index contributed by atoms with van der Waals surface area (Å²) in [7, 11) is 1.62. The highest BCUT2D eigenvalue weighted by Crippen LogP contribution is 2.26. The average Bonchev–Trinajstić information content (AvgIpc) is 3.41. The molecule has 0 fully saturated rings. The number of hydrogen-bond acceptors (Lipinski definition) is 7. The molecular formula is C26H19N7O2. The van der Waals surface area contributed by atoms with Gasteiger partial charge in [0.25, 0.3) is 5.56 Å². The maximum Gasteiger partial charge on any atom is 0.267 e. The van der Waals surface area contributed by atoms with Crippen LogP contribution in [-0.4, -0.2) is 36.8 Å². The zero-order valence-electron chi connectivity index (χ0n) is 18.6. The SMILES string of the molecule is COc1ccc(Nc2ncc3c4n[nH]cc4c(=O)n(-c4cccc(-c5ccncc5)c4)c3n2)cc1. The molecule has 0 saturated carbocycles. The van der Waals surface area contributed by atoms with Crippen molar-refractivity contribution in [2.45, 2.75) is 0 Å². The third-order valence-corrected chi connectivity index (χ3v) is 5.77. The maximum absolute atomic E-state index is 13.6. The van der Waals surface area contributed by atoms with Gasteiger partial charge in [0.05, 0.1) is 23.6 Å². The highest BCUT2D eigenvalue weighted by molar-refractivity contribution is 6.02. The van der Waals surface area contributed by atoms with Crippen molar-refractivity contribution in [1.82, 2.24) is 29.7 Å². The van der Waals surface area contributed by atoms with E-state index in [0.29, 0.717) is 33.6 Å². The maximum atomic E-state index is 13.6. The Labute approximate surface area is 199 Å². The largest absolute Gasteiger partial charge is 0.497 e. The number of aromatic amines is 1. The molecular weight excluding hydrogens is 442 g/mol. The van der Waals surface area contributed by atoms with Gasteiger partial charge in [-0.05, 0) is 59.7 Å². The molecule has 9 heteroatoms. The molecule has 6 aromatic rings. The molecule has 0 aliphatic carbocycles. The summed E-state index contributed by atoms with van der Waals surface area (Å²) in [6, 6.07) is 19.0. The van der Waals surface area contributed by atoms with Crippen LogP contribution >= 0.6 is 0 Å². The predicted octanol–water partition coefficient (Wildman–Crippen LogP) is 4.47. The van der Waals surface area contributed by atoms with E-state index in [1.807, 2.05) is 60.7 Å². The predicted molar refractivity (Wildman–Crippen MR) is 134 cm³/mol. The van der Waals surface area contributed by atoms with Gasteiger partial charge in [-0.15, -0.1) is 0 Å². The lowest BCUT2D eigenvalue weighted by molar-refractivity contribution is 0.415. The molecule has 4 aromatic heterocycles. The first-order chi connectivity index (χ1) is 17.2. The van der Waals surface area contributed by atoms with Gasteiger partial charge in [0.2, 0.25) is 5.95 Å². The summed E-state index contributed by atoms with van der Waals surface area (Å²) >= 11 is 0. The topological polar surface area (TPSA) is 111 Å². The molecule has 9 nitrogen and oxygen atoms in total. The van der Waals surface area contributed by atoms with E-state index in [0.717, 1.165) is 22.6 Å². The molecule has 0 spiro atoms. The molecule has 170 valence electrons. The summed E-state index contributed by atoms with van der Waals surface area (Å²) in [4.78, 5) is 26.9. The zero-order chi connectivity index (χ0) is 23.8. The van der Waals surface area contributed by atoms with Gasteiger partial charge in [-0.2, -0.15) is 10.1 Å². The van der Waals surface area contributed by atoms with Crippen LogP contribution in [0.4, 0.5) is 11.6 Å². The van der Waals surface area contributed by atoms with Crippen molar-refractivity contribution in [3.8, 4) is 22.6 Å². The van der Waals surface area contributed by atoms with Crippen molar-refractivity contribution in [3.05, 3.63) is 95.8 Å². The van der Waals surface area contributed by atoms with E-state index >= 15 is 0 Å². The number of nitrogens with zero attached hydrogens (tertiary/aromatic N) is 5. The van der Waals surface area contributed by atoms with Crippen molar-refractivity contribution >= 4 is 33.6 Å². The van der Waals surface area contributed by atoms with Gasteiger partial charge in [0, 0.05) is 30.5 Å². The number of pyridine rings is 2. The van der Waals surface area contributed by atoms with Gasteiger partial charge in [0.1, 0.15) is 11.3 Å². The normalized spacial score (nSPS) is 11.1. The van der Waals surface area contributed by atoms with E-state index in [1.54, 1.807) is 36.5 Å². The minimum Gasteiger partial charge on any atom is -0.497 e. The monoisotopic (exact) mass is 461 g/mol. The second kappa shape index (κ2) is 8.38. The molecule has 0 saturated heterocycles. The van der Waals surface area contributed by atoms with Gasteiger partial charge in [0.15, 0.2) is 5.65 Å². The minimum absolute atomic E-state index is 0.220. The average molecular weight is 461 g/mol. The Kier molecular flexibility index (Phi) is 4.92. The molecule has 2 N–H and O–H groups in total. The number of fused-ring (bicyclic) bond motifs is 3. The Balaban J connectivity index is 1.54. The highest BCUT2D eigenvalue weighted by Gasteiger charge is 2.17. The van der Waals surface area contributed by atoms with E-state index in [1.165, 1.54) is 0 Å². The fourth-order valence-corrected chi connectivity index (χ4v) is 4.06. The van der Waals surface area contributed by atoms with Gasteiger partial charge in [-0.1, -0.05) is 12.1 Å².